The molecule has 0 fully saturated rings. The van der Waals surface area contributed by atoms with Crippen LogP contribution in [0.2, 0.25) is 0 Å². The lowest BCUT2D eigenvalue weighted by atomic mass is 10.1. The van der Waals surface area contributed by atoms with Crippen molar-refractivity contribution in [3.8, 4) is 11.5 Å². The summed E-state index contributed by atoms with van der Waals surface area (Å²) in [5.41, 5.74) is 0.304. The fraction of sp³-hybridized carbons (Fsp3) is 0.0476. The van der Waals surface area contributed by atoms with Crippen LogP contribution >= 0.6 is 0 Å². The van der Waals surface area contributed by atoms with Crippen molar-refractivity contribution in [2.45, 2.75) is 0 Å². The third-order valence-electron chi connectivity index (χ3n) is 4.11. The maximum Gasteiger partial charge on any atom is 0.344 e. The molecule has 4 aromatic rings. The summed E-state index contributed by atoms with van der Waals surface area (Å²) in [6, 6.07) is 18.9. The van der Waals surface area contributed by atoms with E-state index in [4.69, 9.17) is 13.9 Å². The number of methoxy groups -OCH3 is 1. The number of rotatable bonds is 3. The van der Waals surface area contributed by atoms with Crippen molar-refractivity contribution in [1.29, 1.82) is 0 Å². The van der Waals surface area contributed by atoms with E-state index in [9.17, 15) is 9.59 Å². The molecule has 1 heterocycles. The summed E-state index contributed by atoms with van der Waals surface area (Å²) < 4.78 is 15.9. The molecule has 0 atom stereocenters. The molecule has 0 aliphatic carbocycles. The topological polar surface area (TPSA) is 65.7 Å². The van der Waals surface area contributed by atoms with Crippen LogP contribution in [0.25, 0.3) is 21.7 Å². The van der Waals surface area contributed by atoms with Crippen LogP contribution in [-0.2, 0) is 0 Å². The highest BCUT2D eigenvalue weighted by Crippen LogP contribution is 2.26. The summed E-state index contributed by atoms with van der Waals surface area (Å²) in [6.45, 7) is 0. The second-order valence-electron chi connectivity index (χ2n) is 5.71. The zero-order valence-electron chi connectivity index (χ0n) is 13.9. The van der Waals surface area contributed by atoms with Gasteiger partial charge in [0.1, 0.15) is 17.1 Å². The maximum absolute atomic E-state index is 12.3. The van der Waals surface area contributed by atoms with E-state index in [0.29, 0.717) is 28.0 Å². The molecule has 128 valence electrons. The molecular formula is C21H14O5. The van der Waals surface area contributed by atoms with Gasteiger partial charge in [0.15, 0.2) is 0 Å². The van der Waals surface area contributed by atoms with Crippen LogP contribution in [0.3, 0.4) is 0 Å². The average Bonchev–Trinajstić information content (AvgIpc) is 2.68. The second kappa shape index (κ2) is 6.37. The molecule has 0 amide bonds. The molecule has 0 unspecified atom stereocenters. The summed E-state index contributed by atoms with van der Waals surface area (Å²) in [6.07, 6.45) is 0. The molecule has 5 nitrogen and oxygen atoms in total. The predicted molar refractivity (Wildman–Crippen MR) is 97.9 cm³/mol. The largest absolute Gasteiger partial charge is 0.497 e. The zero-order valence-corrected chi connectivity index (χ0v) is 13.9. The zero-order chi connectivity index (χ0) is 18.1. The van der Waals surface area contributed by atoms with Gasteiger partial charge < -0.3 is 13.9 Å². The number of carbonyl (C=O) groups excluding carboxylic acids is 1. The fourth-order valence-electron chi connectivity index (χ4n) is 2.84. The molecule has 4 rings (SSSR count). The minimum atomic E-state index is -0.522. The lowest BCUT2D eigenvalue weighted by Crippen LogP contribution is -2.08. The number of hydrogen-bond donors (Lipinski definition) is 0. The normalized spacial score (nSPS) is 10.8. The molecule has 26 heavy (non-hydrogen) atoms. The Morgan fingerprint density at radius 1 is 0.846 bits per heavy atom. The smallest absolute Gasteiger partial charge is 0.344 e. The number of carbonyl (C=O) groups is 1. The quantitative estimate of drug-likeness (QED) is 0.241. The maximum atomic E-state index is 12.3. The summed E-state index contributed by atoms with van der Waals surface area (Å²) in [7, 11) is 1.53. The predicted octanol–water partition coefficient (Wildman–Crippen LogP) is 4.17. The lowest BCUT2D eigenvalue weighted by molar-refractivity contribution is 0.0734. The van der Waals surface area contributed by atoms with E-state index in [1.807, 2.05) is 12.1 Å². The highest BCUT2D eigenvalue weighted by atomic mass is 16.5. The first kappa shape index (κ1) is 15.9. The van der Waals surface area contributed by atoms with Crippen LogP contribution in [-0.4, -0.2) is 13.1 Å². The number of benzene rings is 3. The Hall–Kier alpha value is -3.60. The molecule has 0 bridgehead atoms. The van der Waals surface area contributed by atoms with Crippen molar-refractivity contribution >= 4 is 27.7 Å². The molecule has 0 aliphatic heterocycles. The molecule has 0 radical (unpaired) electrons. The van der Waals surface area contributed by atoms with Crippen LogP contribution in [0.15, 0.2) is 75.9 Å². The van der Waals surface area contributed by atoms with Crippen molar-refractivity contribution in [1.82, 2.24) is 0 Å². The van der Waals surface area contributed by atoms with Crippen molar-refractivity contribution < 1.29 is 18.7 Å². The van der Waals surface area contributed by atoms with E-state index in [-0.39, 0.29) is 0 Å². The molecular weight excluding hydrogens is 332 g/mol. The second-order valence-corrected chi connectivity index (χ2v) is 5.71. The first-order valence-electron chi connectivity index (χ1n) is 7.97. The van der Waals surface area contributed by atoms with E-state index in [1.54, 1.807) is 54.6 Å². The van der Waals surface area contributed by atoms with E-state index in [1.165, 1.54) is 7.11 Å². The lowest BCUT2D eigenvalue weighted by Gasteiger charge is -2.07. The highest BCUT2D eigenvalue weighted by molar-refractivity contribution is 6.04. The molecule has 0 aliphatic rings. The Balaban J connectivity index is 1.72. The third-order valence-corrected chi connectivity index (χ3v) is 4.11. The first-order chi connectivity index (χ1) is 12.7. The molecule has 0 N–H and O–H groups in total. The van der Waals surface area contributed by atoms with Crippen LogP contribution in [0.1, 0.15) is 10.4 Å². The van der Waals surface area contributed by atoms with Crippen LogP contribution in [0.5, 0.6) is 11.5 Å². The van der Waals surface area contributed by atoms with E-state index >= 15 is 0 Å². The minimum absolute atomic E-state index is 0.295. The van der Waals surface area contributed by atoms with Crippen molar-refractivity contribution in [2.75, 3.05) is 7.11 Å². The minimum Gasteiger partial charge on any atom is -0.497 e. The Labute approximate surface area is 148 Å². The molecule has 5 heteroatoms. The SMILES string of the molecule is COc1cccc(C(=O)Oc2ccc3c(c2)oc(=O)c2ccccc23)c1. The summed E-state index contributed by atoms with van der Waals surface area (Å²) in [4.78, 5) is 24.5. The van der Waals surface area contributed by atoms with Gasteiger partial charge >= 0.3 is 11.6 Å². The Bertz CT molecular complexity index is 1190. The van der Waals surface area contributed by atoms with Crippen LogP contribution in [0, 0.1) is 0 Å². The van der Waals surface area contributed by atoms with Gasteiger partial charge in [0.2, 0.25) is 0 Å². The molecule has 0 saturated heterocycles. The van der Waals surface area contributed by atoms with Gasteiger partial charge in [-0.25, -0.2) is 9.59 Å². The number of hydrogen-bond acceptors (Lipinski definition) is 5. The van der Waals surface area contributed by atoms with Gasteiger partial charge in [-0.2, -0.15) is 0 Å². The highest BCUT2D eigenvalue weighted by Gasteiger charge is 2.12. The molecule has 1 aromatic heterocycles. The van der Waals surface area contributed by atoms with Gasteiger partial charge in [0, 0.05) is 11.5 Å². The van der Waals surface area contributed by atoms with E-state index in [2.05, 4.69) is 0 Å². The third kappa shape index (κ3) is 2.80. The molecule has 0 saturated carbocycles. The number of fused-ring (bicyclic) bond motifs is 3. The van der Waals surface area contributed by atoms with Crippen molar-refractivity contribution in [2.24, 2.45) is 0 Å². The van der Waals surface area contributed by atoms with Crippen LogP contribution in [0.4, 0.5) is 0 Å². The Morgan fingerprint density at radius 2 is 1.65 bits per heavy atom. The van der Waals surface area contributed by atoms with Gasteiger partial charge in [-0.15, -0.1) is 0 Å². The van der Waals surface area contributed by atoms with Gasteiger partial charge in [0.25, 0.3) is 0 Å². The van der Waals surface area contributed by atoms with Crippen LogP contribution < -0.4 is 15.1 Å². The summed E-state index contributed by atoms with van der Waals surface area (Å²) >= 11 is 0. The average molecular weight is 346 g/mol. The molecule has 3 aromatic carbocycles. The van der Waals surface area contributed by atoms with Crippen molar-refractivity contribution in [3.63, 3.8) is 0 Å². The number of esters is 1. The molecule has 0 spiro atoms. The summed E-state index contributed by atoms with van der Waals surface area (Å²) in [5, 5.41) is 2.09. The van der Waals surface area contributed by atoms with Gasteiger partial charge in [-0.3, -0.25) is 0 Å². The van der Waals surface area contributed by atoms with E-state index in [0.717, 1.165) is 10.8 Å². The van der Waals surface area contributed by atoms with Gasteiger partial charge in [-0.05, 0) is 41.8 Å². The fourth-order valence-corrected chi connectivity index (χ4v) is 2.84. The first-order valence-corrected chi connectivity index (χ1v) is 7.97. The Morgan fingerprint density at radius 3 is 2.46 bits per heavy atom. The van der Waals surface area contributed by atoms with Gasteiger partial charge in [-0.1, -0.05) is 24.3 Å². The standard InChI is InChI=1S/C21H14O5/c1-24-14-6-4-5-13(11-14)20(22)25-15-9-10-17-16-7-2-3-8-18(16)21(23)26-19(17)12-15/h2-12H,1H3. The monoisotopic (exact) mass is 346 g/mol. The Kier molecular flexibility index (Phi) is 3.89. The van der Waals surface area contributed by atoms with Gasteiger partial charge in [0.05, 0.1) is 18.1 Å². The summed E-state index contributed by atoms with van der Waals surface area (Å²) in [5.74, 6) is 0.338. The number of ether oxygens (including phenoxy) is 2. The van der Waals surface area contributed by atoms with E-state index < -0.39 is 11.6 Å². The van der Waals surface area contributed by atoms with Crippen molar-refractivity contribution in [3.05, 3.63) is 82.7 Å².